The third kappa shape index (κ3) is 5.78. The van der Waals surface area contributed by atoms with Crippen LogP contribution in [-0.4, -0.2) is 57.7 Å². The molecule has 1 amide bonds. The fourth-order valence-corrected chi connectivity index (χ4v) is 3.40. The number of rotatable bonds is 6. The normalized spacial score (nSPS) is 17.0. The minimum atomic E-state index is -0.823. The number of hydrogen-bond donors (Lipinski definition) is 1. The average Bonchev–Trinajstić information content (AvgIpc) is 2.52. The summed E-state index contributed by atoms with van der Waals surface area (Å²) < 4.78 is 0. The minimum absolute atomic E-state index is 0.332. The first-order valence-corrected chi connectivity index (χ1v) is 8.99. The lowest BCUT2D eigenvalue weighted by molar-refractivity contribution is 0.0943. The van der Waals surface area contributed by atoms with Gasteiger partial charge < -0.3 is 14.9 Å². The molecular formula is C19H31N3O2. The Bertz CT molecular complexity index is 505. The molecule has 1 aromatic rings. The van der Waals surface area contributed by atoms with Gasteiger partial charge in [0.2, 0.25) is 0 Å². The van der Waals surface area contributed by atoms with Crippen molar-refractivity contribution in [2.24, 2.45) is 5.92 Å². The van der Waals surface area contributed by atoms with Crippen molar-refractivity contribution in [3.05, 3.63) is 30.1 Å². The number of aromatic nitrogens is 1. The number of nitrogens with zero attached hydrogens (tertiary/aromatic N) is 3. The van der Waals surface area contributed by atoms with Crippen LogP contribution in [0.1, 0.15) is 45.7 Å². The Hall–Kier alpha value is -1.62. The summed E-state index contributed by atoms with van der Waals surface area (Å²) in [6, 6.07) is 6.13. The van der Waals surface area contributed by atoms with Crippen molar-refractivity contribution in [2.75, 3.05) is 26.2 Å². The molecule has 0 radical (unpaired) electrons. The average molecular weight is 333 g/mol. The van der Waals surface area contributed by atoms with Gasteiger partial charge in [0.15, 0.2) is 0 Å². The molecule has 1 aliphatic rings. The standard InChI is InChI=1S/C19H31N3O2/c1-19(2,3)22(18(23)24)12-6-11-21-13-8-16(9-14-21)15-17-7-4-5-10-20-17/h4-5,7,10,16H,6,8-9,11-15H2,1-3H3,(H,23,24). The van der Waals surface area contributed by atoms with Gasteiger partial charge in [-0.05, 0) is 84.1 Å². The van der Waals surface area contributed by atoms with Gasteiger partial charge in [0.1, 0.15) is 0 Å². The molecule has 0 saturated carbocycles. The van der Waals surface area contributed by atoms with Gasteiger partial charge in [-0.25, -0.2) is 4.79 Å². The van der Waals surface area contributed by atoms with Crippen LogP contribution in [0.5, 0.6) is 0 Å². The van der Waals surface area contributed by atoms with Gasteiger partial charge in [0, 0.05) is 24.0 Å². The molecule has 1 fully saturated rings. The number of amides is 1. The molecule has 0 aliphatic carbocycles. The summed E-state index contributed by atoms with van der Waals surface area (Å²) >= 11 is 0. The van der Waals surface area contributed by atoms with E-state index in [1.165, 1.54) is 18.5 Å². The van der Waals surface area contributed by atoms with E-state index in [0.717, 1.165) is 38.4 Å². The molecule has 5 heteroatoms. The van der Waals surface area contributed by atoms with Crippen LogP contribution >= 0.6 is 0 Å². The van der Waals surface area contributed by atoms with Crippen molar-refractivity contribution < 1.29 is 9.90 Å². The summed E-state index contributed by atoms with van der Waals surface area (Å²) in [7, 11) is 0. The van der Waals surface area contributed by atoms with Gasteiger partial charge in [-0.1, -0.05) is 6.07 Å². The summed E-state index contributed by atoms with van der Waals surface area (Å²) in [4.78, 5) is 19.8. The highest BCUT2D eigenvalue weighted by Gasteiger charge is 2.26. The topological polar surface area (TPSA) is 56.7 Å². The van der Waals surface area contributed by atoms with E-state index in [1.807, 2.05) is 33.0 Å². The summed E-state index contributed by atoms with van der Waals surface area (Å²) in [6.45, 7) is 9.65. The molecule has 2 heterocycles. The Morgan fingerprint density at radius 3 is 2.58 bits per heavy atom. The quantitative estimate of drug-likeness (QED) is 0.865. The van der Waals surface area contributed by atoms with Crippen LogP contribution in [0.25, 0.3) is 0 Å². The van der Waals surface area contributed by atoms with Crippen LogP contribution in [0, 0.1) is 5.92 Å². The summed E-state index contributed by atoms with van der Waals surface area (Å²) in [5.74, 6) is 0.723. The second-order valence-corrected chi connectivity index (χ2v) is 7.77. The fourth-order valence-electron chi connectivity index (χ4n) is 3.40. The van der Waals surface area contributed by atoms with Crippen LogP contribution in [0.15, 0.2) is 24.4 Å². The molecule has 0 aromatic carbocycles. The molecule has 134 valence electrons. The summed E-state index contributed by atoms with van der Waals surface area (Å²) in [5.41, 5.74) is 0.861. The van der Waals surface area contributed by atoms with Crippen LogP contribution < -0.4 is 0 Å². The first kappa shape index (κ1) is 18.7. The number of piperidine rings is 1. The van der Waals surface area contributed by atoms with Gasteiger partial charge in [-0.15, -0.1) is 0 Å². The van der Waals surface area contributed by atoms with Crippen LogP contribution in [0.3, 0.4) is 0 Å². The summed E-state index contributed by atoms with van der Waals surface area (Å²) in [5, 5.41) is 9.33. The van der Waals surface area contributed by atoms with Gasteiger partial charge in [0.25, 0.3) is 0 Å². The maximum Gasteiger partial charge on any atom is 0.407 e. The SMILES string of the molecule is CC(C)(C)N(CCCN1CCC(Cc2ccccn2)CC1)C(=O)O. The van der Waals surface area contributed by atoms with E-state index in [4.69, 9.17) is 0 Å². The molecule has 1 N–H and O–H groups in total. The Morgan fingerprint density at radius 2 is 2.04 bits per heavy atom. The number of hydrogen-bond acceptors (Lipinski definition) is 3. The van der Waals surface area contributed by atoms with Gasteiger partial charge in [0.05, 0.1) is 0 Å². The zero-order valence-electron chi connectivity index (χ0n) is 15.2. The molecule has 0 spiro atoms. The van der Waals surface area contributed by atoms with Crippen molar-refractivity contribution >= 4 is 6.09 Å². The zero-order valence-corrected chi connectivity index (χ0v) is 15.2. The van der Waals surface area contributed by atoms with E-state index >= 15 is 0 Å². The third-order valence-electron chi connectivity index (χ3n) is 4.83. The summed E-state index contributed by atoms with van der Waals surface area (Å²) in [6.07, 6.45) is 5.43. The second kappa shape index (κ2) is 8.47. The van der Waals surface area contributed by atoms with Crippen LogP contribution in [0.4, 0.5) is 4.79 Å². The number of likely N-dealkylation sites (tertiary alicyclic amines) is 1. The van der Waals surface area contributed by atoms with E-state index in [0.29, 0.717) is 6.54 Å². The van der Waals surface area contributed by atoms with Crippen molar-refractivity contribution in [3.8, 4) is 0 Å². The molecule has 1 saturated heterocycles. The highest BCUT2D eigenvalue weighted by molar-refractivity contribution is 5.65. The van der Waals surface area contributed by atoms with Crippen molar-refractivity contribution in [1.29, 1.82) is 0 Å². The molecule has 2 rings (SSSR count). The molecule has 1 aromatic heterocycles. The van der Waals surface area contributed by atoms with E-state index < -0.39 is 6.09 Å². The molecule has 24 heavy (non-hydrogen) atoms. The van der Waals surface area contributed by atoms with Gasteiger partial charge in [-0.3, -0.25) is 4.98 Å². The molecule has 5 nitrogen and oxygen atoms in total. The number of carbonyl (C=O) groups is 1. The first-order chi connectivity index (χ1) is 11.4. The molecular weight excluding hydrogens is 302 g/mol. The number of carboxylic acid groups (broad SMARTS) is 1. The first-order valence-electron chi connectivity index (χ1n) is 8.99. The maximum atomic E-state index is 11.4. The van der Waals surface area contributed by atoms with Crippen LogP contribution in [0.2, 0.25) is 0 Å². The van der Waals surface area contributed by atoms with Gasteiger partial charge in [-0.2, -0.15) is 0 Å². The lowest BCUT2D eigenvalue weighted by atomic mass is 9.92. The zero-order chi connectivity index (χ0) is 17.6. The monoisotopic (exact) mass is 333 g/mol. The Labute approximate surface area is 145 Å². The fraction of sp³-hybridized carbons (Fsp3) is 0.684. The van der Waals surface area contributed by atoms with Crippen molar-refractivity contribution in [2.45, 2.75) is 52.0 Å². The maximum absolute atomic E-state index is 11.4. The Morgan fingerprint density at radius 1 is 1.33 bits per heavy atom. The van der Waals surface area contributed by atoms with Gasteiger partial charge >= 0.3 is 6.09 Å². The van der Waals surface area contributed by atoms with E-state index in [-0.39, 0.29) is 5.54 Å². The highest BCUT2D eigenvalue weighted by Crippen LogP contribution is 2.21. The largest absolute Gasteiger partial charge is 0.465 e. The predicted molar refractivity (Wildman–Crippen MR) is 96.2 cm³/mol. The lowest BCUT2D eigenvalue weighted by Gasteiger charge is -2.35. The van der Waals surface area contributed by atoms with E-state index in [2.05, 4.69) is 22.0 Å². The molecule has 0 unspecified atom stereocenters. The molecule has 0 atom stereocenters. The van der Waals surface area contributed by atoms with Crippen molar-refractivity contribution in [3.63, 3.8) is 0 Å². The third-order valence-corrected chi connectivity index (χ3v) is 4.83. The van der Waals surface area contributed by atoms with Crippen molar-refractivity contribution in [1.82, 2.24) is 14.8 Å². The Kier molecular flexibility index (Phi) is 6.60. The van der Waals surface area contributed by atoms with Crippen LogP contribution in [-0.2, 0) is 6.42 Å². The highest BCUT2D eigenvalue weighted by atomic mass is 16.4. The van der Waals surface area contributed by atoms with E-state index in [9.17, 15) is 9.90 Å². The second-order valence-electron chi connectivity index (χ2n) is 7.77. The minimum Gasteiger partial charge on any atom is -0.465 e. The molecule has 0 bridgehead atoms. The number of pyridine rings is 1. The van der Waals surface area contributed by atoms with E-state index in [1.54, 1.807) is 4.90 Å². The predicted octanol–water partition coefficient (Wildman–Crippen LogP) is 3.50. The molecule has 1 aliphatic heterocycles. The Balaban J connectivity index is 1.69. The smallest absolute Gasteiger partial charge is 0.407 e. The lowest BCUT2D eigenvalue weighted by Crippen LogP contribution is -2.46.